The van der Waals surface area contributed by atoms with Crippen LogP contribution in [0.25, 0.3) is 0 Å². The molecular formula is C6H11N5. The largest absolute Gasteiger partial charge is 0.370 e. The van der Waals surface area contributed by atoms with Crippen molar-refractivity contribution >= 4 is 11.6 Å². The van der Waals surface area contributed by atoms with Crippen LogP contribution in [-0.2, 0) is 6.54 Å². The minimum absolute atomic E-state index is 0.0562. The van der Waals surface area contributed by atoms with Crippen LogP contribution < -0.4 is 11.5 Å². The van der Waals surface area contributed by atoms with Gasteiger partial charge in [-0.3, -0.25) is 4.68 Å². The first-order valence-electron chi connectivity index (χ1n) is 3.34. The second kappa shape index (κ2) is 3.05. The molecule has 0 aliphatic heterocycles. The van der Waals surface area contributed by atoms with Gasteiger partial charge >= 0.3 is 0 Å². The van der Waals surface area contributed by atoms with E-state index >= 15 is 0 Å². The summed E-state index contributed by atoms with van der Waals surface area (Å²) < 4.78 is 1.75. The lowest BCUT2D eigenvalue weighted by Gasteiger charge is -1.89. The highest BCUT2D eigenvalue weighted by Gasteiger charge is 1.93. The number of hydrogen-bond acceptors (Lipinski definition) is 2. The van der Waals surface area contributed by atoms with E-state index in [4.69, 9.17) is 11.5 Å². The minimum Gasteiger partial charge on any atom is -0.370 e. The monoisotopic (exact) mass is 153 g/mol. The average Bonchev–Trinajstić information content (AvgIpc) is 2.34. The molecule has 0 saturated heterocycles. The van der Waals surface area contributed by atoms with E-state index in [1.807, 2.05) is 6.92 Å². The Balaban J connectivity index is 2.81. The molecule has 60 valence electrons. The summed E-state index contributed by atoms with van der Waals surface area (Å²) in [5.74, 6) is 0.0562. The van der Waals surface area contributed by atoms with E-state index in [0.29, 0.717) is 5.69 Å². The third-order valence-electron chi connectivity index (χ3n) is 1.20. The van der Waals surface area contributed by atoms with Crippen LogP contribution in [0.2, 0.25) is 0 Å². The highest BCUT2D eigenvalue weighted by Crippen LogP contribution is 2.07. The quantitative estimate of drug-likeness (QED) is 0.456. The first-order chi connectivity index (χ1) is 5.22. The van der Waals surface area contributed by atoms with Gasteiger partial charge in [0.2, 0.25) is 0 Å². The van der Waals surface area contributed by atoms with E-state index in [0.717, 1.165) is 6.54 Å². The van der Waals surface area contributed by atoms with Crippen LogP contribution in [0.5, 0.6) is 0 Å². The molecule has 0 saturated carbocycles. The SMILES string of the molecule is CCn1cc(N=C(N)N)cn1. The van der Waals surface area contributed by atoms with Gasteiger partial charge in [0.1, 0.15) is 5.69 Å². The van der Waals surface area contributed by atoms with Gasteiger partial charge in [0.15, 0.2) is 5.96 Å². The van der Waals surface area contributed by atoms with Gasteiger partial charge in [0.05, 0.1) is 12.4 Å². The zero-order valence-electron chi connectivity index (χ0n) is 6.36. The third kappa shape index (κ3) is 1.96. The molecular weight excluding hydrogens is 142 g/mol. The van der Waals surface area contributed by atoms with Crippen LogP contribution in [0.15, 0.2) is 17.4 Å². The number of aliphatic imine (C=N–C) groups is 1. The molecule has 0 atom stereocenters. The van der Waals surface area contributed by atoms with Gasteiger partial charge in [0.25, 0.3) is 0 Å². The first-order valence-corrected chi connectivity index (χ1v) is 3.34. The fourth-order valence-electron chi connectivity index (χ4n) is 0.732. The topological polar surface area (TPSA) is 82.2 Å². The first kappa shape index (κ1) is 7.59. The van der Waals surface area contributed by atoms with Gasteiger partial charge in [0, 0.05) is 6.54 Å². The fourth-order valence-corrected chi connectivity index (χ4v) is 0.732. The predicted molar refractivity (Wildman–Crippen MR) is 43.4 cm³/mol. The number of aryl methyl sites for hydroxylation is 1. The zero-order chi connectivity index (χ0) is 8.27. The summed E-state index contributed by atoms with van der Waals surface area (Å²) in [7, 11) is 0. The van der Waals surface area contributed by atoms with Gasteiger partial charge < -0.3 is 11.5 Å². The van der Waals surface area contributed by atoms with E-state index in [-0.39, 0.29) is 5.96 Å². The van der Waals surface area contributed by atoms with Crippen LogP contribution in [-0.4, -0.2) is 15.7 Å². The molecule has 0 aliphatic carbocycles. The Morgan fingerprint density at radius 1 is 1.73 bits per heavy atom. The molecule has 5 nitrogen and oxygen atoms in total. The van der Waals surface area contributed by atoms with Gasteiger partial charge in [-0.2, -0.15) is 5.10 Å². The van der Waals surface area contributed by atoms with Crippen LogP contribution >= 0.6 is 0 Å². The fraction of sp³-hybridized carbons (Fsp3) is 0.333. The molecule has 0 unspecified atom stereocenters. The maximum atomic E-state index is 5.17. The number of nitrogens with zero attached hydrogens (tertiary/aromatic N) is 3. The maximum absolute atomic E-state index is 5.17. The van der Waals surface area contributed by atoms with E-state index in [1.54, 1.807) is 17.1 Å². The van der Waals surface area contributed by atoms with Gasteiger partial charge in [-0.05, 0) is 6.92 Å². The minimum atomic E-state index is 0.0562. The molecule has 0 spiro atoms. The Kier molecular flexibility index (Phi) is 2.10. The second-order valence-electron chi connectivity index (χ2n) is 2.09. The van der Waals surface area contributed by atoms with Crippen molar-refractivity contribution in [2.75, 3.05) is 0 Å². The van der Waals surface area contributed by atoms with E-state index in [1.165, 1.54) is 0 Å². The molecule has 1 aromatic heterocycles. The summed E-state index contributed by atoms with van der Waals surface area (Å²) in [6.07, 6.45) is 3.39. The predicted octanol–water partition coefficient (Wildman–Crippen LogP) is -0.192. The number of aromatic nitrogens is 2. The van der Waals surface area contributed by atoms with Crippen molar-refractivity contribution in [2.45, 2.75) is 13.5 Å². The van der Waals surface area contributed by atoms with E-state index < -0.39 is 0 Å². The molecule has 1 heterocycles. The van der Waals surface area contributed by atoms with E-state index in [9.17, 15) is 0 Å². The van der Waals surface area contributed by atoms with Crippen molar-refractivity contribution in [3.8, 4) is 0 Å². The van der Waals surface area contributed by atoms with Crippen LogP contribution in [0.3, 0.4) is 0 Å². The Hall–Kier alpha value is -1.52. The molecule has 0 aromatic carbocycles. The molecule has 11 heavy (non-hydrogen) atoms. The van der Waals surface area contributed by atoms with Crippen LogP contribution in [0.4, 0.5) is 5.69 Å². The Morgan fingerprint density at radius 2 is 2.45 bits per heavy atom. The van der Waals surface area contributed by atoms with Gasteiger partial charge in [-0.25, -0.2) is 4.99 Å². The Labute approximate surface area is 64.7 Å². The normalized spacial score (nSPS) is 9.55. The lowest BCUT2D eigenvalue weighted by Crippen LogP contribution is -2.21. The highest BCUT2D eigenvalue weighted by molar-refractivity contribution is 5.78. The molecule has 0 bridgehead atoms. The molecule has 4 N–H and O–H groups in total. The molecule has 0 radical (unpaired) electrons. The number of rotatable bonds is 2. The summed E-state index contributed by atoms with van der Waals surface area (Å²) in [5, 5.41) is 3.99. The summed E-state index contributed by atoms with van der Waals surface area (Å²) in [4.78, 5) is 3.82. The van der Waals surface area contributed by atoms with Gasteiger partial charge in [-0.15, -0.1) is 0 Å². The third-order valence-corrected chi connectivity index (χ3v) is 1.20. The smallest absolute Gasteiger partial charge is 0.191 e. The highest BCUT2D eigenvalue weighted by atomic mass is 15.3. The molecule has 1 aromatic rings. The summed E-state index contributed by atoms with van der Waals surface area (Å²) in [5.41, 5.74) is 11.0. The van der Waals surface area contributed by atoms with Crippen molar-refractivity contribution in [2.24, 2.45) is 16.5 Å². The Morgan fingerprint density at radius 3 is 2.91 bits per heavy atom. The lowest BCUT2D eigenvalue weighted by atomic mass is 10.6. The number of nitrogens with two attached hydrogens (primary N) is 2. The summed E-state index contributed by atoms with van der Waals surface area (Å²) in [6.45, 7) is 2.81. The van der Waals surface area contributed by atoms with Crippen LogP contribution in [0, 0.1) is 0 Å². The molecule has 5 heteroatoms. The molecule has 0 aliphatic rings. The standard InChI is InChI=1S/C6H11N5/c1-2-11-4-5(3-9-11)10-6(7)8/h3-4H,2H2,1H3,(H4,7,8,10). The maximum Gasteiger partial charge on any atom is 0.191 e. The van der Waals surface area contributed by atoms with Gasteiger partial charge in [-0.1, -0.05) is 0 Å². The average molecular weight is 153 g/mol. The van der Waals surface area contributed by atoms with E-state index in [2.05, 4.69) is 10.1 Å². The lowest BCUT2D eigenvalue weighted by molar-refractivity contribution is 0.660. The second-order valence-corrected chi connectivity index (χ2v) is 2.09. The molecule has 1 rings (SSSR count). The summed E-state index contributed by atoms with van der Waals surface area (Å²) in [6, 6.07) is 0. The molecule has 0 fully saturated rings. The zero-order valence-corrected chi connectivity index (χ0v) is 6.36. The number of hydrogen-bond donors (Lipinski definition) is 2. The van der Waals surface area contributed by atoms with Crippen molar-refractivity contribution in [3.05, 3.63) is 12.4 Å². The van der Waals surface area contributed by atoms with Crippen LogP contribution in [0.1, 0.15) is 6.92 Å². The van der Waals surface area contributed by atoms with Crippen molar-refractivity contribution in [1.82, 2.24) is 9.78 Å². The van der Waals surface area contributed by atoms with Crippen molar-refractivity contribution in [3.63, 3.8) is 0 Å². The van der Waals surface area contributed by atoms with Crippen molar-refractivity contribution in [1.29, 1.82) is 0 Å². The Bertz CT molecular complexity index is 258. The summed E-state index contributed by atoms with van der Waals surface area (Å²) >= 11 is 0. The van der Waals surface area contributed by atoms with Crippen molar-refractivity contribution < 1.29 is 0 Å². The molecule has 0 amide bonds. The number of guanidine groups is 1.